The molecule has 0 spiro atoms. The Morgan fingerprint density at radius 1 is 1.04 bits per heavy atom. The van der Waals surface area contributed by atoms with Gasteiger partial charge in [-0.3, -0.25) is 15.0 Å². The van der Waals surface area contributed by atoms with Crippen molar-refractivity contribution in [2.75, 3.05) is 12.4 Å². The number of rotatable bonds is 8. The van der Waals surface area contributed by atoms with E-state index in [-0.39, 0.29) is 6.42 Å². The topological polar surface area (TPSA) is 96.5 Å². The number of hydrogen-bond acceptors (Lipinski definition) is 4. The maximum atomic E-state index is 12.3. The number of benzene rings is 1. The average Bonchev–Trinajstić information content (AvgIpc) is 2.61. The summed E-state index contributed by atoms with van der Waals surface area (Å²) in [5.41, 5.74) is 4.36. The SMILES string of the molecule is CCCC(CCC)(CC(=O)NNC(=O)Nc1ccc(Br)cc1)C(=O)OC. The van der Waals surface area contributed by atoms with Crippen molar-refractivity contribution in [3.63, 3.8) is 0 Å². The minimum Gasteiger partial charge on any atom is -0.469 e. The second-order valence-electron chi connectivity index (χ2n) is 6.08. The van der Waals surface area contributed by atoms with Crippen molar-refractivity contribution in [2.45, 2.75) is 46.0 Å². The Morgan fingerprint density at radius 2 is 1.62 bits per heavy atom. The number of anilines is 1. The highest BCUT2D eigenvalue weighted by atomic mass is 79.9. The molecule has 1 rings (SSSR count). The summed E-state index contributed by atoms with van der Waals surface area (Å²) < 4.78 is 5.80. The monoisotopic (exact) mass is 427 g/mol. The number of carbonyl (C=O) groups excluding carboxylic acids is 3. The fourth-order valence-electron chi connectivity index (χ4n) is 2.93. The van der Waals surface area contributed by atoms with Crippen LogP contribution >= 0.6 is 15.9 Å². The zero-order valence-electron chi connectivity index (χ0n) is 15.4. The quantitative estimate of drug-likeness (QED) is 0.434. The van der Waals surface area contributed by atoms with Crippen molar-refractivity contribution >= 4 is 39.5 Å². The molecule has 3 amide bonds. The van der Waals surface area contributed by atoms with E-state index in [1.807, 2.05) is 13.8 Å². The van der Waals surface area contributed by atoms with E-state index < -0.39 is 23.3 Å². The van der Waals surface area contributed by atoms with Crippen molar-refractivity contribution in [1.29, 1.82) is 0 Å². The molecule has 1 aromatic rings. The Labute approximate surface area is 162 Å². The summed E-state index contributed by atoms with van der Waals surface area (Å²) in [7, 11) is 1.32. The number of hydrogen-bond donors (Lipinski definition) is 3. The molecule has 0 bridgehead atoms. The number of urea groups is 1. The zero-order chi connectivity index (χ0) is 19.6. The normalized spacial score (nSPS) is 10.8. The van der Waals surface area contributed by atoms with Gasteiger partial charge in [-0.2, -0.15) is 0 Å². The molecule has 0 aliphatic heterocycles. The lowest BCUT2D eigenvalue weighted by atomic mass is 9.76. The number of esters is 1. The molecule has 0 aliphatic carbocycles. The van der Waals surface area contributed by atoms with Crippen LogP contribution in [0.2, 0.25) is 0 Å². The van der Waals surface area contributed by atoms with Crippen molar-refractivity contribution in [3.05, 3.63) is 28.7 Å². The van der Waals surface area contributed by atoms with Crippen molar-refractivity contribution in [3.8, 4) is 0 Å². The van der Waals surface area contributed by atoms with Crippen molar-refractivity contribution < 1.29 is 19.1 Å². The molecule has 0 atom stereocenters. The lowest BCUT2D eigenvalue weighted by Gasteiger charge is -2.29. The highest BCUT2D eigenvalue weighted by Gasteiger charge is 2.40. The minimum absolute atomic E-state index is 0.0417. The molecule has 8 heteroatoms. The predicted octanol–water partition coefficient (Wildman–Crippen LogP) is 3.75. The number of nitrogens with one attached hydrogen (secondary N) is 3. The van der Waals surface area contributed by atoms with Gasteiger partial charge in [0.05, 0.1) is 12.5 Å². The van der Waals surface area contributed by atoms with Crippen LogP contribution in [0.5, 0.6) is 0 Å². The molecule has 0 fully saturated rings. The lowest BCUT2D eigenvalue weighted by molar-refractivity contribution is -0.156. The molecule has 0 unspecified atom stereocenters. The summed E-state index contributed by atoms with van der Waals surface area (Å²) in [6, 6.07) is 6.44. The summed E-state index contributed by atoms with van der Waals surface area (Å²) in [6.07, 6.45) is 2.55. The first-order valence-electron chi connectivity index (χ1n) is 8.56. The van der Waals surface area contributed by atoms with Crippen molar-refractivity contribution in [1.82, 2.24) is 10.9 Å². The largest absolute Gasteiger partial charge is 0.469 e. The van der Waals surface area contributed by atoms with Crippen LogP contribution in [0.3, 0.4) is 0 Å². The molecule has 0 radical (unpaired) electrons. The third kappa shape index (κ3) is 6.67. The third-order valence-corrected chi connectivity index (χ3v) is 4.52. The van der Waals surface area contributed by atoms with Gasteiger partial charge in [-0.25, -0.2) is 10.2 Å². The number of amides is 3. The molecule has 0 aromatic heterocycles. The maximum Gasteiger partial charge on any atom is 0.337 e. The lowest BCUT2D eigenvalue weighted by Crippen LogP contribution is -2.47. The fourth-order valence-corrected chi connectivity index (χ4v) is 3.19. The summed E-state index contributed by atoms with van der Waals surface area (Å²) in [4.78, 5) is 36.4. The van der Waals surface area contributed by atoms with Crippen LogP contribution in [0.15, 0.2) is 28.7 Å². The summed E-state index contributed by atoms with van der Waals surface area (Å²) in [6.45, 7) is 3.91. The molecule has 144 valence electrons. The van der Waals surface area contributed by atoms with Crippen LogP contribution in [0.25, 0.3) is 0 Å². The third-order valence-electron chi connectivity index (χ3n) is 3.99. The number of halogens is 1. The number of ether oxygens (including phenoxy) is 1. The van der Waals surface area contributed by atoms with Gasteiger partial charge in [0.15, 0.2) is 0 Å². The fraction of sp³-hybridized carbons (Fsp3) is 0.500. The van der Waals surface area contributed by atoms with E-state index in [1.165, 1.54) is 7.11 Å². The van der Waals surface area contributed by atoms with E-state index in [2.05, 4.69) is 32.1 Å². The molecule has 7 nitrogen and oxygen atoms in total. The molecule has 0 saturated heterocycles. The van der Waals surface area contributed by atoms with Gasteiger partial charge < -0.3 is 10.1 Å². The van der Waals surface area contributed by atoms with Crippen molar-refractivity contribution in [2.24, 2.45) is 5.41 Å². The van der Waals surface area contributed by atoms with Crippen LogP contribution in [0, 0.1) is 5.41 Å². The Hall–Kier alpha value is -2.09. The minimum atomic E-state index is -0.869. The van der Waals surface area contributed by atoms with E-state index in [9.17, 15) is 14.4 Å². The molecular formula is C18H26BrN3O4. The van der Waals surface area contributed by atoms with E-state index in [4.69, 9.17) is 4.74 Å². The first kappa shape index (κ1) is 22.0. The standard InChI is InChI=1S/C18H26BrN3O4/c1-4-10-18(11-5-2,16(24)26-3)12-15(23)21-22-17(25)20-14-8-6-13(19)7-9-14/h6-9H,4-5,10-12H2,1-3H3,(H,21,23)(H2,20,22,25). The number of hydrazine groups is 1. The zero-order valence-corrected chi connectivity index (χ0v) is 16.9. The summed E-state index contributed by atoms with van der Waals surface area (Å²) in [5.74, 6) is -0.834. The van der Waals surface area contributed by atoms with Crippen LogP contribution in [-0.2, 0) is 14.3 Å². The van der Waals surface area contributed by atoms with Gasteiger partial charge in [-0.05, 0) is 37.1 Å². The average molecular weight is 428 g/mol. The first-order chi connectivity index (χ1) is 12.4. The van der Waals surface area contributed by atoms with E-state index >= 15 is 0 Å². The predicted molar refractivity (Wildman–Crippen MR) is 103 cm³/mol. The molecule has 0 aliphatic rings. The molecule has 0 saturated carbocycles. The highest BCUT2D eigenvalue weighted by molar-refractivity contribution is 9.10. The molecule has 26 heavy (non-hydrogen) atoms. The van der Waals surface area contributed by atoms with Gasteiger partial charge in [0.1, 0.15) is 0 Å². The first-order valence-corrected chi connectivity index (χ1v) is 9.36. The maximum absolute atomic E-state index is 12.3. The molecule has 0 heterocycles. The van der Waals surface area contributed by atoms with Gasteiger partial charge in [0.2, 0.25) is 5.91 Å². The second kappa shape index (κ2) is 10.8. The van der Waals surface area contributed by atoms with Gasteiger partial charge in [0.25, 0.3) is 0 Å². The Balaban J connectivity index is 2.62. The highest BCUT2D eigenvalue weighted by Crippen LogP contribution is 2.35. The van der Waals surface area contributed by atoms with Crippen LogP contribution in [0.1, 0.15) is 46.0 Å². The number of methoxy groups -OCH3 is 1. The smallest absolute Gasteiger partial charge is 0.337 e. The summed E-state index contributed by atoms with van der Waals surface area (Å²) >= 11 is 3.31. The van der Waals surface area contributed by atoms with Gasteiger partial charge in [-0.15, -0.1) is 0 Å². The second-order valence-corrected chi connectivity index (χ2v) is 7.00. The van der Waals surface area contributed by atoms with E-state index in [0.29, 0.717) is 18.5 Å². The molecule has 3 N–H and O–H groups in total. The van der Waals surface area contributed by atoms with Crippen LogP contribution in [0.4, 0.5) is 10.5 Å². The Kier molecular flexibility index (Phi) is 9.12. The molecular weight excluding hydrogens is 402 g/mol. The summed E-state index contributed by atoms with van der Waals surface area (Å²) in [5, 5.41) is 2.59. The van der Waals surface area contributed by atoms with Gasteiger partial charge in [0, 0.05) is 16.6 Å². The number of carbonyl (C=O) groups is 3. The van der Waals surface area contributed by atoms with E-state index in [1.54, 1.807) is 24.3 Å². The van der Waals surface area contributed by atoms with Gasteiger partial charge in [-0.1, -0.05) is 42.6 Å². The van der Waals surface area contributed by atoms with Crippen LogP contribution in [-0.4, -0.2) is 25.0 Å². The molecule has 1 aromatic carbocycles. The Morgan fingerprint density at radius 3 is 2.12 bits per heavy atom. The van der Waals surface area contributed by atoms with E-state index in [0.717, 1.165) is 17.3 Å². The Bertz CT molecular complexity index is 613. The van der Waals surface area contributed by atoms with Gasteiger partial charge >= 0.3 is 12.0 Å². The van der Waals surface area contributed by atoms with Crippen LogP contribution < -0.4 is 16.2 Å².